The molecule has 2 heterocycles. The number of carboxylic acid groups (broad SMARTS) is 1. The van der Waals surface area contributed by atoms with E-state index < -0.39 is 5.97 Å². The lowest BCUT2D eigenvalue weighted by atomic mass is 9.92. The van der Waals surface area contributed by atoms with Crippen LogP contribution in [0, 0.1) is 0 Å². The Morgan fingerprint density at radius 3 is 2.85 bits per heavy atom. The van der Waals surface area contributed by atoms with Crippen molar-refractivity contribution in [2.24, 2.45) is 0 Å². The van der Waals surface area contributed by atoms with E-state index in [1.807, 2.05) is 0 Å². The molecule has 1 atom stereocenters. The van der Waals surface area contributed by atoms with Gasteiger partial charge in [-0.15, -0.1) is 0 Å². The summed E-state index contributed by atoms with van der Waals surface area (Å²) < 4.78 is 0. The van der Waals surface area contributed by atoms with Crippen molar-refractivity contribution in [1.29, 1.82) is 0 Å². The summed E-state index contributed by atoms with van der Waals surface area (Å²) in [5.74, 6) is -0.707. The molecule has 1 fully saturated rings. The summed E-state index contributed by atoms with van der Waals surface area (Å²) in [4.78, 5) is 13.2. The largest absolute Gasteiger partial charge is 0.481 e. The van der Waals surface area contributed by atoms with Crippen molar-refractivity contribution in [1.82, 2.24) is 15.1 Å². The molecular weight excluding hydrogens is 254 g/mol. The van der Waals surface area contributed by atoms with E-state index >= 15 is 0 Å². The number of hydrogen-bond acceptors (Lipinski definition) is 3. The highest BCUT2D eigenvalue weighted by molar-refractivity contribution is 5.67. The molecule has 1 aliphatic heterocycles. The van der Waals surface area contributed by atoms with E-state index in [1.165, 1.54) is 0 Å². The number of aliphatic carboxylic acids is 1. The van der Waals surface area contributed by atoms with E-state index in [1.54, 1.807) is 0 Å². The van der Waals surface area contributed by atoms with Crippen LogP contribution in [0.5, 0.6) is 0 Å². The Hall–Kier alpha value is -1.36. The zero-order chi connectivity index (χ0) is 14.8. The van der Waals surface area contributed by atoms with E-state index in [0.29, 0.717) is 0 Å². The normalized spacial score (nSPS) is 21.1. The third-order valence-electron chi connectivity index (χ3n) is 3.93. The van der Waals surface area contributed by atoms with Crippen LogP contribution in [0.15, 0.2) is 6.07 Å². The molecule has 1 aliphatic rings. The Morgan fingerprint density at radius 1 is 1.50 bits per heavy atom. The molecule has 0 aromatic carbocycles. The third-order valence-corrected chi connectivity index (χ3v) is 3.93. The van der Waals surface area contributed by atoms with Crippen molar-refractivity contribution in [3.05, 3.63) is 17.5 Å². The minimum atomic E-state index is -0.707. The number of hydrogen-bond donors (Lipinski definition) is 2. The number of H-pyrrole nitrogens is 1. The highest BCUT2D eigenvalue weighted by Gasteiger charge is 2.25. The predicted octanol–water partition coefficient (Wildman–Crippen LogP) is 2.54. The summed E-state index contributed by atoms with van der Waals surface area (Å²) in [6, 6.07) is 2.26. The molecule has 2 N–H and O–H groups in total. The molecular formula is C15H25N3O2. The second-order valence-corrected chi connectivity index (χ2v) is 6.75. The van der Waals surface area contributed by atoms with Crippen LogP contribution in [-0.4, -0.2) is 38.8 Å². The quantitative estimate of drug-likeness (QED) is 0.888. The van der Waals surface area contributed by atoms with Crippen molar-refractivity contribution in [2.45, 2.75) is 64.5 Å². The van der Waals surface area contributed by atoms with Gasteiger partial charge in [-0.05, 0) is 25.5 Å². The van der Waals surface area contributed by atoms with Gasteiger partial charge in [0.15, 0.2) is 0 Å². The topological polar surface area (TPSA) is 69.2 Å². The fraction of sp³-hybridized carbons (Fsp3) is 0.733. The second kappa shape index (κ2) is 5.95. The SMILES string of the molecule is CC(C)(C)c1cc(CN2CCCC[C@H]2CC(=O)O)[nH]n1. The van der Waals surface area contributed by atoms with Crippen molar-refractivity contribution >= 4 is 5.97 Å². The molecule has 2 rings (SSSR count). The first-order chi connectivity index (χ1) is 9.36. The van der Waals surface area contributed by atoms with Gasteiger partial charge in [0.25, 0.3) is 0 Å². The van der Waals surface area contributed by atoms with E-state index in [-0.39, 0.29) is 17.9 Å². The first-order valence-electron chi connectivity index (χ1n) is 7.37. The monoisotopic (exact) mass is 279 g/mol. The van der Waals surface area contributed by atoms with Crippen LogP contribution in [0.2, 0.25) is 0 Å². The molecule has 0 radical (unpaired) electrons. The maximum atomic E-state index is 11.0. The van der Waals surface area contributed by atoms with Crippen molar-refractivity contribution in [2.75, 3.05) is 6.54 Å². The van der Waals surface area contributed by atoms with Gasteiger partial charge >= 0.3 is 5.97 Å². The molecule has 0 saturated carbocycles. The van der Waals surface area contributed by atoms with Gasteiger partial charge < -0.3 is 5.11 Å². The molecule has 0 amide bonds. The van der Waals surface area contributed by atoms with Crippen LogP contribution < -0.4 is 0 Å². The molecule has 20 heavy (non-hydrogen) atoms. The summed E-state index contributed by atoms with van der Waals surface area (Å²) in [5, 5.41) is 16.5. The van der Waals surface area contributed by atoms with Crippen LogP contribution in [0.1, 0.15) is 57.8 Å². The fourth-order valence-corrected chi connectivity index (χ4v) is 2.75. The molecule has 5 heteroatoms. The number of nitrogens with one attached hydrogen (secondary N) is 1. The Kier molecular flexibility index (Phi) is 4.48. The number of aromatic nitrogens is 2. The van der Waals surface area contributed by atoms with E-state index in [2.05, 4.69) is 41.9 Å². The highest BCUT2D eigenvalue weighted by Crippen LogP contribution is 2.24. The van der Waals surface area contributed by atoms with Gasteiger partial charge in [0, 0.05) is 23.7 Å². The molecule has 5 nitrogen and oxygen atoms in total. The number of aromatic amines is 1. The smallest absolute Gasteiger partial charge is 0.304 e. The minimum absolute atomic E-state index is 0.0388. The summed E-state index contributed by atoms with van der Waals surface area (Å²) in [7, 11) is 0. The van der Waals surface area contributed by atoms with E-state index in [9.17, 15) is 4.79 Å². The Bertz CT molecular complexity index is 462. The van der Waals surface area contributed by atoms with Gasteiger partial charge in [0.1, 0.15) is 0 Å². The summed E-state index contributed by atoms with van der Waals surface area (Å²) >= 11 is 0. The molecule has 1 saturated heterocycles. The molecule has 0 unspecified atom stereocenters. The Morgan fingerprint density at radius 2 is 2.25 bits per heavy atom. The molecule has 0 aliphatic carbocycles. The first kappa shape index (κ1) is 15.0. The standard InChI is InChI=1S/C15H25N3O2/c1-15(2,3)13-8-11(16-17-13)10-18-7-5-4-6-12(18)9-14(19)20/h8,12H,4-7,9-10H2,1-3H3,(H,16,17)(H,19,20)/t12-/m0/s1. The lowest BCUT2D eigenvalue weighted by Crippen LogP contribution is -2.40. The van der Waals surface area contributed by atoms with E-state index in [4.69, 9.17) is 5.11 Å². The lowest BCUT2D eigenvalue weighted by Gasteiger charge is -2.34. The van der Waals surface area contributed by atoms with Gasteiger partial charge in [-0.2, -0.15) is 5.10 Å². The van der Waals surface area contributed by atoms with Crippen LogP contribution in [0.25, 0.3) is 0 Å². The number of nitrogens with zero attached hydrogens (tertiary/aromatic N) is 2. The maximum Gasteiger partial charge on any atom is 0.304 e. The zero-order valence-corrected chi connectivity index (χ0v) is 12.6. The molecule has 0 spiro atoms. The number of likely N-dealkylation sites (tertiary alicyclic amines) is 1. The molecule has 1 aromatic heterocycles. The number of piperidine rings is 1. The van der Waals surface area contributed by atoms with Gasteiger partial charge in [0.05, 0.1) is 12.1 Å². The van der Waals surface area contributed by atoms with Gasteiger partial charge in [-0.1, -0.05) is 27.2 Å². The average molecular weight is 279 g/mol. The Labute approximate surface area is 120 Å². The Balaban J connectivity index is 2.03. The minimum Gasteiger partial charge on any atom is -0.481 e. The van der Waals surface area contributed by atoms with Crippen LogP contribution in [0.3, 0.4) is 0 Å². The predicted molar refractivity (Wildman–Crippen MR) is 77.6 cm³/mol. The van der Waals surface area contributed by atoms with Gasteiger partial charge in [-0.3, -0.25) is 14.8 Å². The third kappa shape index (κ3) is 3.82. The summed E-state index contributed by atoms with van der Waals surface area (Å²) in [5.41, 5.74) is 2.17. The van der Waals surface area contributed by atoms with Crippen molar-refractivity contribution in [3.8, 4) is 0 Å². The van der Waals surface area contributed by atoms with Gasteiger partial charge in [-0.25, -0.2) is 0 Å². The number of rotatable bonds is 4. The van der Waals surface area contributed by atoms with Gasteiger partial charge in [0.2, 0.25) is 0 Å². The van der Waals surface area contributed by atoms with Crippen molar-refractivity contribution in [3.63, 3.8) is 0 Å². The summed E-state index contributed by atoms with van der Waals surface area (Å²) in [6.07, 6.45) is 3.49. The van der Waals surface area contributed by atoms with Crippen molar-refractivity contribution < 1.29 is 9.90 Å². The lowest BCUT2D eigenvalue weighted by molar-refractivity contribution is -0.138. The maximum absolute atomic E-state index is 11.0. The van der Waals surface area contributed by atoms with Crippen LogP contribution >= 0.6 is 0 Å². The second-order valence-electron chi connectivity index (χ2n) is 6.75. The first-order valence-corrected chi connectivity index (χ1v) is 7.37. The average Bonchev–Trinajstić information content (AvgIpc) is 2.79. The summed E-state index contributed by atoms with van der Waals surface area (Å²) in [6.45, 7) is 8.16. The molecule has 112 valence electrons. The van der Waals surface area contributed by atoms with E-state index in [0.717, 1.165) is 43.7 Å². The van der Waals surface area contributed by atoms with Crippen LogP contribution in [0.4, 0.5) is 0 Å². The molecule has 1 aromatic rings. The van der Waals surface area contributed by atoms with Crippen LogP contribution in [-0.2, 0) is 16.8 Å². The zero-order valence-electron chi connectivity index (χ0n) is 12.6. The number of carbonyl (C=O) groups is 1. The fourth-order valence-electron chi connectivity index (χ4n) is 2.75. The number of carboxylic acids is 1. The highest BCUT2D eigenvalue weighted by atomic mass is 16.4. The molecule has 0 bridgehead atoms.